The van der Waals surface area contributed by atoms with Crippen molar-refractivity contribution in [3.8, 4) is 0 Å². The number of rotatable bonds is 0. The summed E-state index contributed by atoms with van der Waals surface area (Å²) in [5.74, 6) is -4.11. The second-order valence-corrected chi connectivity index (χ2v) is 4.00. The zero-order valence-electron chi connectivity index (χ0n) is 8.27. The summed E-state index contributed by atoms with van der Waals surface area (Å²) in [6.45, 7) is 0. The van der Waals surface area contributed by atoms with E-state index in [0.717, 1.165) is 4.90 Å². The fourth-order valence-electron chi connectivity index (χ4n) is 2.46. The van der Waals surface area contributed by atoms with Crippen LogP contribution in [0.1, 0.15) is 0 Å². The number of hydrogen-bond donors (Lipinski definition) is 0. The largest absolute Gasteiger partial charge is 0.338 e. The Balaban J connectivity index is 2.24. The summed E-state index contributed by atoms with van der Waals surface area (Å²) in [5, 5.41) is 0. The molecule has 2 unspecified atom stereocenters. The molecule has 3 rings (SSSR count). The molecule has 1 heterocycles. The van der Waals surface area contributed by atoms with Crippen LogP contribution < -0.4 is 0 Å². The van der Waals surface area contributed by atoms with Gasteiger partial charge in [-0.2, -0.15) is 8.78 Å². The maximum absolute atomic E-state index is 13.6. The standard InChI is InChI=1S/C11H7F4N/c1-16-10-5-3-2-4(7(5)12)6(10)8(13)9(14)11(16)15/h2-3,7,10H,1H3. The van der Waals surface area contributed by atoms with Gasteiger partial charge in [0.1, 0.15) is 6.17 Å². The number of alkyl halides is 1. The zero-order chi connectivity index (χ0) is 11.6. The molecule has 0 aromatic heterocycles. The molecule has 0 aromatic carbocycles. The molecule has 0 radical (unpaired) electrons. The minimum atomic E-state index is -1.55. The van der Waals surface area contributed by atoms with Crippen molar-refractivity contribution in [1.29, 1.82) is 0 Å². The van der Waals surface area contributed by atoms with Gasteiger partial charge in [-0.25, -0.2) is 8.78 Å². The van der Waals surface area contributed by atoms with Gasteiger partial charge in [0.15, 0.2) is 5.83 Å². The van der Waals surface area contributed by atoms with E-state index in [1.807, 2.05) is 0 Å². The second kappa shape index (κ2) is 2.78. The number of halogens is 4. The molecule has 0 saturated heterocycles. The molecule has 5 heteroatoms. The molecule has 0 N–H and O–H groups in total. The predicted molar refractivity (Wildman–Crippen MR) is 50.0 cm³/mol. The Kier molecular flexibility index (Phi) is 1.68. The van der Waals surface area contributed by atoms with Crippen LogP contribution in [0.3, 0.4) is 0 Å². The molecular formula is C11H7F4N. The summed E-state index contributed by atoms with van der Waals surface area (Å²) in [5.41, 5.74) is 0.295. The first-order chi connectivity index (χ1) is 7.54. The first-order valence-corrected chi connectivity index (χ1v) is 4.78. The number of likely N-dealkylation sites (N-methyl/N-ethyl adjacent to an activating group) is 1. The summed E-state index contributed by atoms with van der Waals surface area (Å²) in [4.78, 5) is 0.923. The highest BCUT2D eigenvalue weighted by Gasteiger charge is 2.49. The fourth-order valence-corrected chi connectivity index (χ4v) is 2.46. The van der Waals surface area contributed by atoms with Crippen LogP contribution in [-0.2, 0) is 0 Å². The first-order valence-electron chi connectivity index (χ1n) is 4.78. The third-order valence-corrected chi connectivity index (χ3v) is 3.23. The van der Waals surface area contributed by atoms with E-state index < -0.39 is 29.8 Å². The molecule has 1 saturated carbocycles. The Hall–Kier alpha value is -1.52. The SMILES string of the molecule is CN1C(F)=C(F)C(F)=C2C3=CC=C(C3F)C21. The van der Waals surface area contributed by atoms with Gasteiger partial charge in [0.05, 0.1) is 6.04 Å². The lowest BCUT2D eigenvalue weighted by atomic mass is 9.97. The average Bonchev–Trinajstić information content (AvgIpc) is 2.77. The summed E-state index contributed by atoms with van der Waals surface area (Å²) < 4.78 is 53.7. The van der Waals surface area contributed by atoms with Gasteiger partial charge >= 0.3 is 0 Å². The van der Waals surface area contributed by atoms with Gasteiger partial charge in [0.2, 0.25) is 11.8 Å². The van der Waals surface area contributed by atoms with Crippen molar-refractivity contribution in [2.45, 2.75) is 12.2 Å². The molecule has 1 aliphatic heterocycles. The lowest BCUT2D eigenvalue weighted by Crippen LogP contribution is -2.34. The van der Waals surface area contributed by atoms with Gasteiger partial charge in [-0.1, -0.05) is 12.2 Å². The lowest BCUT2D eigenvalue weighted by Gasteiger charge is -2.31. The Bertz CT molecular complexity index is 512. The average molecular weight is 229 g/mol. The van der Waals surface area contributed by atoms with Gasteiger partial charge < -0.3 is 4.90 Å². The predicted octanol–water partition coefficient (Wildman–Crippen LogP) is 2.85. The van der Waals surface area contributed by atoms with Crippen molar-refractivity contribution in [3.63, 3.8) is 0 Å². The topological polar surface area (TPSA) is 3.24 Å². The van der Waals surface area contributed by atoms with E-state index in [1.54, 1.807) is 0 Å². The highest BCUT2D eigenvalue weighted by Crippen LogP contribution is 2.50. The van der Waals surface area contributed by atoms with Crippen molar-refractivity contribution >= 4 is 0 Å². The minimum absolute atomic E-state index is 0.0774. The lowest BCUT2D eigenvalue weighted by molar-refractivity contribution is 0.255. The van der Waals surface area contributed by atoms with E-state index in [2.05, 4.69) is 0 Å². The molecular weight excluding hydrogens is 222 g/mol. The van der Waals surface area contributed by atoms with E-state index in [9.17, 15) is 17.6 Å². The molecule has 84 valence electrons. The summed E-state index contributed by atoms with van der Waals surface area (Å²) in [6, 6.07) is -0.838. The number of allylic oxidation sites excluding steroid dienone is 4. The zero-order valence-corrected chi connectivity index (χ0v) is 8.27. The summed E-state index contributed by atoms with van der Waals surface area (Å²) in [7, 11) is 1.28. The van der Waals surface area contributed by atoms with Crippen LogP contribution in [0.25, 0.3) is 0 Å². The molecule has 2 bridgehead atoms. The van der Waals surface area contributed by atoms with Gasteiger partial charge in [-0.3, -0.25) is 0 Å². The van der Waals surface area contributed by atoms with Gasteiger partial charge in [-0.15, -0.1) is 0 Å². The van der Waals surface area contributed by atoms with Crippen LogP contribution in [-0.4, -0.2) is 24.2 Å². The smallest absolute Gasteiger partial charge is 0.229 e. The Morgan fingerprint density at radius 1 is 1.12 bits per heavy atom. The van der Waals surface area contributed by atoms with Crippen LogP contribution >= 0.6 is 0 Å². The molecule has 16 heavy (non-hydrogen) atoms. The summed E-state index contributed by atoms with van der Waals surface area (Å²) in [6.07, 6.45) is 1.47. The third kappa shape index (κ3) is 0.870. The number of hydrogen-bond acceptors (Lipinski definition) is 1. The highest BCUT2D eigenvalue weighted by atomic mass is 19.2. The molecule has 2 atom stereocenters. The fraction of sp³-hybridized carbons (Fsp3) is 0.273. The van der Waals surface area contributed by atoms with Crippen molar-refractivity contribution in [2.75, 3.05) is 7.05 Å². The third-order valence-electron chi connectivity index (χ3n) is 3.23. The monoisotopic (exact) mass is 229 g/mol. The van der Waals surface area contributed by atoms with Crippen LogP contribution in [0, 0.1) is 0 Å². The van der Waals surface area contributed by atoms with E-state index >= 15 is 0 Å². The van der Waals surface area contributed by atoms with Crippen molar-refractivity contribution in [1.82, 2.24) is 4.90 Å². The minimum Gasteiger partial charge on any atom is -0.338 e. The van der Waals surface area contributed by atoms with Crippen LogP contribution in [0.2, 0.25) is 0 Å². The number of fused-ring (bicyclic) bond motifs is 5. The molecule has 0 amide bonds. The van der Waals surface area contributed by atoms with Gasteiger partial charge in [0.25, 0.3) is 0 Å². The molecule has 0 spiro atoms. The van der Waals surface area contributed by atoms with Crippen molar-refractivity contribution < 1.29 is 17.6 Å². The normalized spacial score (nSPS) is 32.2. The molecule has 1 fully saturated rings. The van der Waals surface area contributed by atoms with E-state index in [-0.39, 0.29) is 16.7 Å². The quantitative estimate of drug-likeness (QED) is 0.456. The molecule has 1 nitrogen and oxygen atoms in total. The van der Waals surface area contributed by atoms with Crippen LogP contribution in [0.15, 0.2) is 46.5 Å². The maximum atomic E-state index is 13.6. The highest BCUT2D eigenvalue weighted by molar-refractivity contribution is 5.66. The Morgan fingerprint density at radius 2 is 1.81 bits per heavy atom. The molecule has 2 aliphatic carbocycles. The van der Waals surface area contributed by atoms with E-state index in [1.165, 1.54) is 19.2 Å². The summed E-state index contributed by atoms with van der Waals surface area (Å²) >= 11 is 0. The maximum Gasteiger partial charge on any atom is 0.229 e. The van der Waals surface area contributed by atoms with Crippen molar-refractivity contribution in [2.24, 2.45) is 0 Å². The van der Waals surface area contributed by atoms with Crippen LogP contribution in [0.4, 0.5) is 17.6 Å². The molecule has 0 aromatic rings. The van der Waals surface area contributed by atoms with Crippen LogP contribution in [0.5, 0.6) is 0 Å². The van der Waals surface area contributed by atoms with Gasteiger partial charge in [-0.05, 0) is 11.1 Å². The Morgan fingerprint density at radius 3 is 2.50 bits per heavy atom. The number of nitrogens with zero attached hydrogens (tertiary/aromatic N) is 1. The molecule has 3 aliphatic rings. The van der Waals surface area contributed by atoms with E-state index in [0.29, 0.717) is 0 Å². The van der Waals surface area contributed by atoms with Crippen molar-refractivity contribution in [3.05, 3.63) is 46.5 Å². The van der Waals surface area contributed by atoms with E-state index in [4.69, 9.17) is 0 Å². The van der Waals surface area contributed by atoms with Gasteiger partial charge in [0, 0.05) is 12.6 Å². The first kappa shape index (κ1) is 9.69. The Labute approximate surface area is 89.0 Å². The second-order valence-electron chi connectivity index (χ2n) is 4.00.